The van der Waals surface area contributed by atoms with Crippen LogP contribution in [0.4, 0.5) is 0 Å². The monoisotopic (exact) mass is 967 g/mol. The van der Waals surface area contributed by atoms with E-state index in [1.54, 1.807) is 66.7 Å². The van der Waals surface area contributed by atoms with E-state index in [9.17, 15) is 39.0 Å². The van der Waals surface area contributed by atoms with Crippen LogP contribution in [0.2, 0.25) is 0 Å². The molecule has 70 heavy (non-hydrogen) atoms. The number of rotatable bonds is 14. The zero-order valence-corrected chi connectivity index (χ0v) is 39.5. The number of hydrogen-bond donors (Lipinski definition) is 5. The van der Waals surface area contributed by atoms with E-state index in [1.807, 2.05) is 0 Å². The quantitative estimate of drug-likeness (QED) is 0.0881. The van der Waals surface area contributed by atoms with E-state index >= 15 is 9.59 Å². The Morgan fingerprint density at radius 3 is 2.00 bits per heavy atom. The van der Waals surface area contributed by atoms with Crippen molar-refractivity contribution in [2.24, 2.45) is 22.5 Å². The normalized spacial score (nSPS) is 29.4. The number of hydrogen-bond acceptors (Lipinski definition) is 17. The summed E-state index contributed by atoms with van der Waals surface area (Å²) < 4.78 is 36.4. The third kappa shape index (κ3) is 9.21. The molecule has 1 saturated heterocycles. The molecule has 372 valence electrons. The van der Waals surface area contributed by atoms with Crippen LogP contribution in [0.1, 0.15) is 86.7 Å². The van der Waals surface area contributed by atoms with Gasteiger partial charge in [0.05, 0.1) is 36.2 Å². The molecule has 3 aromatic rings. The third-order valence-electron chi connectivity index (χ3n) is 14.3. The summed E-state index contributed by atoms with van der Waals surface area (Å²) in [5.41, 5.74) is -2.28. The number of aliphatic hydroxyl groups is 2. The van der Waals surface area contributed by atoms with Crippen LogP contribution >= 0.6 is 0 Å². The zero-order valence-electron chi connectivity index (χ0n) is 39.5. The average Bonchev–Trinajstić information content (AvgIpc) is 3.33. The van der Waals surface area contributed by atoms with Crippen molar-refractivity contribution < 1.29 is 77.0 Å². The van der Waals surface area contributed by atoms with Crippen molar-refractivity contribution in [3.8, 4) is 0 Å². The number of ether oxygens (including phenoxy) is 6. The molecule has 1 heterocycles. The fraction of sp³-hybridized carbons (Fsp3) is 0.451. The minimum Gasteiger partial charge on any atom is -0.455 e. The average molecular weight is 968 g/mol. The van der Waals surface area contributed by atoms with Crippen LogP contribution in [0.25, 0.3) is 0 Å². The van der Waals surface area contributed by atoms with Crippen LogP contribution in [-0.4, -0.2) is 125 Å². The van der Waals surface area contributed by atoms with Gasteiger partial charge in [0.2, 0.25) is 12.0 Å². The SMILES string of the molecule is CC(=O)O[C@H]1C(=O)[C@@]2(C)C(C(OC(=O)c3ccccc3)[C@]3(O)C[C@H](OC(=O)[C@H](OC(=O)CNC(=O)CN)[C@@H](NC(=O)c4ccccc4)c4ccccc4)C(C)=C1C3(C)C)[C@]1(OC(C)=O)CO[C@@H]1C[C@@H]2O. The van der Waals surface area contributed by atoms with E-state index in [-0.39, 0.29) is 40.9 Å². The first-order valence-corrected chi connectivity index (χ1v) is 22.8. The molecule has 6 N–H and O–H groups in total. The number of Topliss-reactive ketones (excluding diaryl/α,β-unsaturated/α-hetero) is 1. The van der Waals surface area contributed by atoms with Gasteiger partial charge in [0.1, 0.15) is 36.5 Å². The van der Waals surface area contributed by atoms with Crippen molar-refractivity contribution in [3.63, 3.8) is 0 Å². The minimum atomic E-state index is -2.49. The van der Waals surface area contributed by atoms with Crippen molar-refractivity contribution >= 4 is 47.4 Å². The number of esters is 5. The zero-order chi connectivity index (χ0) is 50.9. The Bertz CT molecular complexity index is 2570. The maximum absolute atomic E-state index is 15.7. The first kappa shape index (κ1) is 51.1. The van der Waals surface area contributed by atoms with Crippen LogP contribution in [0.15, 0.2) is 102 Å². The van der Waals surface area contributed by atoms with Gasteiger partial charge in [-0.1, -0.05) is 80.6 Å². The molecule has 7 rings (SSSR count). The molecule has 11 atom stereocenters. The van der Waals surface area contributed by atoms with Gasteiger partial charge in [-0.25, -0.2) is 9.59 Å². The largest absolute Gasteiger partial charge is 0.455 e. The number of carbonyl (C=O) groups excluding carboxylic acids is 8. The summed E-state index contributed by atoms with van der Waals surface area (Å²) in [5.74, 6) is -9.11. The summed E-state index contributed by atoms with van der Waals surface area (Å²) >= 11 is 0. The topological polar surface area (TPSA) is 282 Å². The molecule has 0 spiro atoms. The van der Waals surface area contributed by atoms with E-state index in [2.05, 4.69) is 10.6 Å². The molecule has 2 saturated carbocycles. The Morgan fingerprint density at radius 2 is 1.44 bits per heavy atom. The highest BCUT2D eigenvalue weighted by Crippen LogP contribution is 2.64. The van der Waals surface area contributed by atoms with Crippen LogP contribution in [-0.2, 0) is 57.2 Å². The molecular weight excluding hydrogens is 911 g/mol. The Hall–Kier alpha value is -6.80. The van der Waals surface area contributed by atoms with Gasteiger partial charge in [-0.3, -0.25) is 28.8 Å². The maximum atomic E-state index is 15.7. The fourth-order valence-corrected chi connectivity index (χ4v) is 10.7. The van der Waals surface area contributed by atoms with Gasteiger partial charge in [-0.15, -0.1) is 0 Å². The molecule has 19 heteroatoms. The summed E-state index contributed by atoms with van der Waals surface area (Å²) in [7, 11) is 0. The van der Waals surface area contributed by atoms with Crippen molar-refractivity contribution in [1.82, 2.24) is 10.6 Å². The molecule has 0 aromatic heterocycles. The van der Waals surface area contributed by atoms with Gasteiger partial charge in [-0.05, 0) is 54.8 Å². The Balaban J connectivity index is 1.42. The Labute approximate surface area is 403 Å². The van der Waals surface area contributed by atoms with Gasteiger partial charge < -0.3 is 55.0 Å². The lowest BCUT2D eigenvalue weighted by Gasteiger charge is -2.67. The molecule has 3 aromatic carbocycles. The molecule has 0 radical (unpaired) electrons. The summed E-state index contributed by atoms with van der Waals surface area (Å²) in [5, 5.41) is 31.1. The van der Waals surface area contributed by atoms with E-state index in [0.717, 1.165) is 13.8 Å². The summed E-state index contributed by atoms with van der Waals surface area (Å²) in [4.78, 5) is 111. The first-order valence-electron chi connectivity index (χ1n) is 22.8. The number of nitrogens with two attached hydrogens (primary N) is 1. The molecule has 4 aliphatic rings. The van der Waals surface area contributed by atoms with E-state index in [1.165, 1.54) is 52.0 Å². The van der Waals surface area contributed by atoms with Crippen molar-refractivity contribution in [2.75, 3.05) is 19.7 Å². The lowest BCUT2D eigenvalue weighted by Crippen LogP contribution is -2.82. The van der Waals surface area contributed by atoms with E-state index in [0.29, 0.717) is 0 Å². The lowest BCUT2D eigenvalue weighted by atomic mass is 9.44. The second-order valence-corrected chi connectivity index (χ2v) is 18.8. The number of carbonyl (C=O) groups is 8. The molecule has 1 aliphatic heterocycles. The highest BCUT2D eigenvalue weighted by molar-refractivity contribution is 5.96. The number of aliphatic hydroxyl groups excluding tert-OH is 1. The van der Waals surface area contributed by atoms with Gasteiger partial charge in [0.15, 0.2) is 17.5 Å². The molecule has 2 amide bonds. The van der Waals surface area contributed by atoms with E-state index in [4.69, 9.17) is 34.2 Å². The van der Waals surface area contributed by atoms with Crippen molar-refractivity contribution in [2.45, 2.75) is 108 Å². The standard InChI is InChI=1S/C51H57N3O16/c1-27-33(67-47(63)41(68-37(59)25-53-36(58)24-52)39(30-16-10-7-11-17-30)54-45(61)31-18-12-8-13-19-31)23-51(64)44(69-46(62)32-20-14-9-15-21-32)42-49(6,34(57)22-35-50(42,26-65-35)70-29(3)56)43(60)40(66-28(2)55)38(27)48(51,4)5/h7-21,33-35,39-42,44,57,64H,22-26,52H2,1-6H3,(H,53,58)(H,54,61)/t33-,34-,35+,39-,40+,41+,42?,44?,49+,50-,51+/m0/s1. The molecule has 2 unspecified atom stereocenters. The highest BCUT2D eigenvalue weighted by atomic mass is 16.6. The molecule has 2 bridgehead atoms. The van der Waals surface area contributed by atoms with Crippen LogP contribution in [0, 0.1) is 16.7 Å². The molecule has 3 fully saturated rings. The Morgan fingerprint density at radius 1 is 0.843 bits per heavy atom. The second-order valence-electron chi connectivity index (χ2n) is 18.8. The molecular formula is C51H57N3O16. The number of amides is 2. The summed E-state index contributed by atoms with van der Waals surface area (Å²) in [6, 6.07) is 22.2. The second kappa shape index (κ2) is 19.9. The Kier molecular flexibility index (Phi) is 14.5. The molecule has 19 nitrogen and oxygen atoms in total. The predicted octanol–water partition coefficient (Wildman–Crippen LogP) is 2.36. The van der Waals surface area contributed by atoms with Crippen molar-refractivity contribution in [1.29, 1.82) is 0 Å². The van der Waals surface area contributed by atoms with Gasteiger partial charge >= 0.3 is 29.8 Å². The van der Waals surface area contributed by atoms with Gasteiger partial charge in [0, 0.05) is 37.7 Å². The van der Waals surface area contributed by atoms with Crippen LogP contribution in [0.3, 0.4) is 0 Å². The highest BCUT2D eigenvalue weighted by Gasteiger charge is 2.78. The van der Waals surface area contributed by atoms with Gasteiger partial charge in [0.25, 0.3) is 5.91 Å². The van der Waals surface area contributed by atoms with Crippen molar-refractivity contribution in [3.05, 3.63) is 119 Å². The molecule has 3 aliphatic carbocycles. The summed E-state index contributed by atoms with van der Waals surface area (Å²) in [6.07, 6.45) is -11.1. The number of ketones is 1. The number of benzene rings is 3. The third-order valence-corrected chi connectivity index (χ3v) is 14.3. The first-order chi connectivity index (χ1) is 33.1. The maximum Gasteiger partial charge on any atom is 0.350 e. The van der Waals surface area contributed by atoms with Gasteiger partial charge in [-0.2, -0.15) is 0 Å². The van der Waals surface area contributed by atoms with E-state index < -0.39 is 138 Å². The minimum absolute atomic E-state index is 0.0265. The smallest absolute Gasteiger partial charge is 0.350 e. The number of fused-ring (bicyclic) bond motifs is 5. The number of nitrogens with one attached hydrogen (secondary N) is 2. The summed E-state index contributed by atoms with van der Waals surface area (Å²) in [6.45, 7) is 6.50. The van der Waals surface area contributed by atoms with Crippen LogP contribution < -0.4 is 16.4 Å². The fourth-order valence-electron chi connectivity index (χ4n) is 10.7. The van der Waals surface area contributed by atoms with Crippen LogP contribution in [0.5, 0.6) is 0 Å². The predicted molar refractivity (Wildman–Crippen MR) is 244 cm³/mol. The lowest BCUT2D eigenvalue weighted by molar-refractivity contribution is -0.346.